The first-order chi connectivity index (χ1) is 10.1. The molecule has 1 aromatic rings. The minimum Gasteiger partial charge on any atom is -0.493 e. The van der Waals surface area contributed by atoms with Crippen LogP contribution in [0.3, 0.4) is 0 Å². The monoisotopic (exact) mass is 353 g/mol. The van der Waals surface area contributed by atoms with Crippen LogP contribution in [0.4, 0.5) is 0 Å². The minimum atomic E-state index is -0.484. The third kappa shape index (κ3) is 2.52. The normalized spacial score (nSPS) is 24.5. The number of esters is 1. The Hall–Kier alpha value is -1.56. The summed E-state index contributed by atoms with van der Waals surface area (Å²) in [6, 6.07) is 5.16. The van der Waals surface area contributed by atoms with Crippen molar-refractivity contribution in [2.75, 3.05) is 13.7 Å². The fraction of sp³-hybridized carbons (Fsp3) is 0.467. The Balaban J connectivity index is 1.97. The molecule has 0 aliphatic carbocycles. The van der Waals surface area contributed by atoms with Gasteiger partial charge in [-0.3, -0.25) is 4.79 Å². The van der Waals surface area contributed by atoms with Crippen molar-refractivity contribution in [1.82, 2.24) is 4.90 Å². The number of nitrogens with zero attached hydrogens (tertiary/aromatic N) is 1. The fourth-order valence-corrected chi connectivity index (χ4v) is 3.43. The predicted octanol–water partition coefficient (Wildman–Crippen LogP) is 2.44. The van der Waals surface area contributed by atoms with E-state index in [1.165, 1.54) is 7.11 Å². The average Bonchev–Trinajstić information content (AvgIpc) is 2.87. The topological polar surface area (TPSA) is 55.8 Å². The molecule has 112 valence electrons. The highest BCUT2D eigenvalue weighted by molar-refractivity contribution is 9.10. The van der Waals surface area contributed by atoms with Crippen LogP contribution >= 0.6 is 15.9 Å². The summed E-state index contributed by atoms with van der Waals surface area (Å²) in [6.07, 6.45) is 1.60. The largest absolute Gasteiger partial charge is 0.493 e. The van der Waals surface area contributed by atoms with E-state index in [4.69, 9.17) is 9.47 Å². The van der Waals surface area contributed by atoms with Gasteiger partial charge in [0.05, 0.1) is 19.8 Å². The predicted molar refractivity (Wildman–Crippen MR) is 78.9 cm³/mol. The van der Waals surface area contributed by atoms with E-state index in [1.54, 1.807) is 4.90 Å². The van der Waals surface area contributed by atoms with Gasteiger partial charge in [0, 0.05) is 22.9 Å². The molecule has 0 radical (unpaired) electrons. The molecule has 0 N–H and O–H groups in total. The summed E-state index contributed by atoms with van der Waals surface area (Å²) in [5.74, 6) is 0.432. The molecular formula is C15H16BrNO4. The highest BCUT2D eigenvalue weighted by Gasteiger charge is 2.43. The number of ether oxygens (including phenoxy) is 2. The molecule has 2 aliphatic heterocycles. The quantitative estimate of drug-likeness (QED) is 0.766. The van der Waals surface area contributed by atoms with Gasteiger partial charge in [0.1, 0.15) is 11.8 Å². The number of benzene rings is 1. The lowest BCUT2D eigenvalue weighted by molar-refractivity contribution is -0.151. The molecule has 3 rings (SSSR count). The third-order valence-electron chi connectivity index (χ3n) is 4.05. The second-order valence-corrected chi connectivity index (χ2v) is 6.13. The van der Waals surface area contributed by atoms with E-state index >= 15 is 0 Å². The number of hydrogen-bond acceptors (Lipinski definition) is 4. The number of rotatable bonds is 2. The molecule has 2 heterocycles. The van der Waals surface area contributed by atoms with Crippen molar-refractivity contribution in [3.05, 3.63) is 28.2 Å². The molecule has 1 amide bonds. The van der Waals surface area contributed by atoms with Crippen LogP contribution < -0.4 is 4.74 Å². The number of hydrogen-bond donors (Lipinski definition) is 0. The molecule has 0 aromatic heterocycles. The summed E-state index contributed by atoms with van der Waals surface area (Å²) in [6.45, 7) is 0.534. The van der Waals surface area contributed by atoms with Gasteiger partial charge in [-0.05, 0) is 18.6 Å². The average molecular weight is 354 g/mol. The molecule has 0 bridgehead atoms. The van der Waals surface area contributed by atoms with Crippen molar-refractivity contribution in [2.24, 2.45) is 0 Å². The van der Waals surface area contributed by atoms with Gasteiger partial charge in [0.25, 0.3) is 0 Å². The zero-order chi connectivity index (χ0) is 15.0. The van der Waals surface area contributed by atoms with E-state index in [0.29, 0.717) is 25.9 Å². The molecule has 0 spiro atoms. The standard InChI is InChI=1S/C15H16BrNO4/c1-20-15(19)12-4-5-14(18)17(12)11-6-7-21-13-8-9(16)2-3-10(11)13/h2-3,8,11-12H,4-7H2,1H3. The van der Waals surface area contributed by atoms with Gasteiger partial charge in [0.15, 0.2) is 0 Å². The van der Waals surface area contributed by atoms with Gasteiger partial charge in [-0.2, -0.15) is 0 Å². The second-order valence-electron chi connectivity index (χ2n) is 5.21. The van der Waals surface area contributed by atoms with Crippen molar-refractivity contribution in [3.8, 4) is 5.75 Å². The Morgan fingerprint density at radius 3 is 3.00 bits per heavy atom. The molecule has 1 fully saturated rings. The van der Waals surface area contributed by atoms with Crippen LogP contribution in [-0.4, -0.2) is 36.5 Å². The van der Waals surface area contributed by atoms with Crippen LogP contribution in [0.5, 0.6) is 5.75 Å². The number of fused-ring (bicyclic) bond motifs is 1. The summed E-state index contributed by atoms with van der Waals surface area (Å²) < 4.78 is 11.4. The lowest BCUT2D eigenvalue weighted by Gasteiger charge is -2.35. The van der Waals surface area contributed by atoms with Crippen LogP contribution in [0, 0.1) is 0 Å². The molecule has 0 saturated carbocycles. The van der Waals surface area contributed by atoms with E-state index in [-0.39, 0.29) is 17.9 Å². The van der Waals surface area contributed by atoms with Crippen molar-refractivity contribution in [1.29, 1.82) is 0 Å². The van der Waals surface area contributed by atoms with Crippen LogP contribution in [0.2, 0.25) is 0 Å². The summed E-state index contributed by atoms with van der Waals surface area (Å²) in [5, 5.41) is 0. The van der Waals surface area contributed by atoms with Crippen LogP contribution in [0.1, 0.15) is 30.9 Å². The summed E-state index contributed by atoms with van der Waals surface area (Å²) >= 11 is 3.42. The summed E-state index contributed by atoms with van der Waals surface area (Å²) in [7, 11) is 1.36. The van der Waals surface area contributed by atoms with Gasteiger partial charge >= 0.3 is 5.97 Å². The maximum absolute atomic E-state index is 12.2. The zero-order valence-corrected chi connectivity index (χ0v) is 13.3. The third-order valence-corrected chi connectivity index (χ3v) is 4.54. The molecule has 1 saturated heterocycles. The number of amides is 1. The SMILES string of the molecule is COC(=O)C1CCC(=O)N1C1CCOc2cc(Br)ccc21. The van der Waals surface area contributed by atoms with E-state index in [0.717, 1.165) is 15.8 Å². The Kier molecular flexibility index (Phi) is 3.89. The summed E-state index contributed by atoms with van der Waals surface area (Å²) in [5.41, 5.74) is 0.952. The first kappa shape index (κ1) is 14.4. The van der Waals surface area contributed by atoms with Crippen LogP contribution in [0.15, 0.2) is 22.7 Å². The van der Waals surface area contributed by atoms with Gasteiger partial charge in [-0.1, -0.05) is 22.0 Å². The van der Waals surface area contributed by atoms with Crippen molar-refractivity contribution in [2.45, 2.75) is 31.3 Å². The van der Waals surface area contributed by atoms with E-state index in [9.17, 15) is 9.59 Å². The molecule has 5 nitrogen and oxygen atoms in total. The molecule has 2 unspecified atom stereocenters. The lowest BCUT2D eigenvalue weighted by Crippen LogP contribution is -2.43. The van der Waals surface area contributed by atoms with Gasteiger partial charge in [0.2, 0.25) is 5.91 Å². The highest BCUT2D eigenvalue weighted by atomic mass is 79.9. The van der Waals surface area contributed by atoms with Gasteiger partial charge in [-0.15, -0.1) is 0 Å². The Labute approximate surface area is 131 Å². The number of methoxy groups -OCH3 is 1. The number of carbonyl (C=O) groups excluding carboxylic acids is 2. The molecule has 1 aromatic carbocycles. The Morgan fingerprint density at radius 2 is 2.24 bits per heavy atom. The minimum absolute atomic E-state index is 0.00571. The summed E-state index contributed by atoms with van der Waals surface area (Å²) in [4.78, 5) is 25.9. The Morgan fingerprint density at radius 1 is 1.43 bits per heavy atom. The fourth-order valence-electron chi connectivity index (χ4n) is 3.09. The molecular weight excluding hydrogens is 338 g/mol. The van der Waals surface area contributed by atoms with Crippen molar-refractivity contribution in [3.63, 3.8) is 0 Å². The first-order valence-corrected chi connectivity index (χ1v) is 7.72. The van der Waals surface area contributed by atoms with Crippen molar-refractivity contribution >= 4 is 27.8 Å². The molecule has 2 atom stereocenters. The van der Waals surface area contributed by atoms with E-state index < -0.39 is 6.04 Å². The van der Waals surface area contributed by atoms with Crippen LogP contribution in [0.25, 0.3) is 0 Å². The molecule has 21 heavy (non-hydrogen) atoms. The van der Waals surface area contributed by atoms with Gasteiger partial charge < -0.3 is 14.4 Å². The van der Waals surface area contributed by atoms with Crippen LogP contribution in [-0.2, 0) is 14.3 Å². The number of carbonyl (C=O) groups is 2. The van der Waals surface area contributed by atoms with Gasteiger partial charge in [-0.25, -0.2) is 4.79 Å². The zero-order valence-electron chi connectivity index (χ0n) is 11.7. The highest BCUT2D eigenvalue weighted by Crippen LogP contribution is 2.41. The lowest BCUT2D eigenvalue weighted by atomic mass is 9.98. The second kappa shape index (κ2) is 5.67. The number of likely N-dealkylation sites (tertiary alicyclic amines) is 1. The molecule has 6 heteroatoms. The van der Waals surface area contributed by atoms with E-state index in [2.05, 4.69) is 15.9 Å². The smallest absolute Gasteiger partial charge is 0.328 e. The van der Waals surface area contributed by atoms with E-state index in [1.807, 2.05) is 18.2 Å². The maximum atomic E-state index is 12.2. The maximum Gasteiger partial charge on any atom is 0.328 e. The molecule has 2 aliphatic rings. The Bertz CT molecular complexity index is 589. The first-order valence-electron chi connectivity index (χ1n) is 6.93. The number of halogens is 1. The van der Waals surface area contributed by atoms with Crippen molar-refractivity contribution < 1.29 is 19.1 Å².